The number of rotatable bonds is 5. The molecule has 4 rings (SSSR count). The van der Waals surface area contributed by atoms with Crippen LogP contribution < -0.4 is 4.18 Å². The number of carbonyl (C=O) groups is 1. The summed E-state index contributed by atoms with van der Waals surface area (Å²) in [5.74, 6) is -0.113. The molecule has 1 aliphatic rings. The number of nitrogens with zero attached hydrogens (tertiary/aromatic N) is 1. The highest BCUT2D eigenvalue weighted by Crippen LogP contribution is 2.23. The zero-order valence-electron chi connectivity index (χ0n) is 16.0. The van der Waals surface area contributed by atoms with Crippen molar-refractivity contribution in [1.29, 1.82) is 0 Å². The lowest BCUT2D eigenvalue weighted by atomic mass is 10.1. The fourth-order valence-corrected chi connectivity index (χ4v) is 3.83. The van der Waals surface area contributed by atoms with E-state index >= 15 is 0 Å². The minimum atomic E-state index is -3.91. The molecule has 0 unspecified atom stereocenters. The number of aliphatic imine (C=N–C) groups is 1. The van der Waals surface area contributed by atoms with Crippen molar-refractivity contribution in [1.82, 2.24) is 0 Å². The lowest BCUT2D eigenvalue weighted by Crippen LogP contribution is -2.09. The zero-order valence-corrected chi connectivity index (χ0v) is 16.8. The molecule has 0 saturated carbocycles. The summed E-state index contributed by atoms with van der Waals surface area (Å²) in [6.07, 6.45) is 1.57. The van der Waals surface area contributed by atoms with Gasteiger partial charge in [-0.3, -0.25) is 0 Å². The number of aryl methyl sites for hydroxylation is 1. The van der Waals surface area contributed by atoms with Crippen LogP contribution in [0.15, 0.2) is 94.4 Å². The number of benzene rings is 3. The van der Waals surface area contributed by atoms with E-state index in [0.717, 1.165) is 11.1 Å². The number of cyclic esters (lactones) is 1. The van der Waals surface area contributed by atoms with Gasteiger partial charge < -0.3 is 8.92 Å². The van der Waals surface area contributed by atoms with E-state index in [-0.39, 0.29) is 22.2 Å². The molecule has 0 spiro atoms. The molecule has 30 heavy (non-hydrogen) atoms. The van der Waals surface area contributed by atoms with E-state index in [1.807, 2.05) is 31.2 Å². The van der Waals surface area contributed by atoms with Crippen molar-refractivity contribution >= 4 is 28.1 Å². The quantitative estimate of drug-likeness (QED) is 0.353. The summed E-state index contributed by atoms with van der Waals surface area (Å²) < 4.78 is 35.0. The second kappa shape index (κ2) is 7.96. The highest BCUT2D eigenvalue weighted by Gasteiger charge is 2.25. The molecule has 0 radical (unpaired) electrons. The number of hydrogen-bond donors (Lipinski definition) is 0. The first-order chi connectivity index (χ1) is 14.4. The zero-order chi connectivity index (χ0) is 21.1. The number of esters is 1. The Labute approximate surface area is 174 Å². The van der Waals surface area contributed by atoms with Gasteiger partial charge in [0.1, 0.15) is 10.6 Å². The predicted octanol–water partition coefficient (Wildman–Crippen LogP) is 4.11. The minimum Gasteiger partial charge on any atom is -0.402 e. The Morgan fingerprint density at radius 2 is 1.57 bits per heavy atom. The van der Waals surface area contributed by atoms with Crippen LogP contribution in [0.2, 0.25) is 0 Å². The molecular weight excluding hydrogens is 402 g/mol. The summed E-state index contributed by atoms with van der Waals surface area (Å²) in [5.41, 5.74) is 2.52. The van der Waals surface area contributed by atoms with Crippen molar-refractivity contribution in [2.75, 3.05) is 0 Å². The van der Waals surface area contributed by atoms with Crippen molar-refractivity contribution in [2.45, 2.75) is 11.8 Å². The molecule has 0 fully saturated rings. The van der Waals surface area contributed by atoms with E-state index in [4.69, 9.17) is 8.92 Å². The Kier molecular flexibility index (Phi) is 5.20. The summed E-state index contributed by atoms with van der Waals surface area (Å²) in [7, 11) is -3.91. The average Bonchev–Trinajstić information content (AvgIpc) is 3.10. The van der Waals surface area contributed by atoms with Crippen LogP contribution >= 0.6 is 0 Å². The lowest BCUT2D eigenvalue weighted by molar-refractivity contribution is -0.129. The van der Waals surface area contributed by atoms with Gasteiger partial charge in [-0.2, -0.15) is 8.42 Å². The lowest BCUT2D eigenvalue weighted by Gasteiger charge is -2.07. The Morgan fingerprint density at radius 3 is 2.27 bits per heavy atom. The smallest absolute Gasteiger partial charge is 0.363 e. The molecule has 7 heteroatoms. The van der Waals surface area contributed by atoms with Gasteiger partial charge in [-0.25, -0.2) is 9.79 Å². The molecule has 1 aliphatic heterocycles. The molecule has 0 amide bonds. The summed E-state index contributed by atoms with van der Waals surface area (Å²) in [5, 5.41) is 0. The van der Waals surface area contributed by atoms with Crippen LogP contribution in [-0.4, -0.2) is 20.3 Å². The summed E-state index contributed by atoms with van der Waals surface area (Å²) in [6.45, 7) is 1.91. The molecule has 3 aromatic carbocycles. The van der Waals surface area contributed by atoms with Gasteiger partial charge in [-0.05, 0) is 54.5 Å². The fourth-order valence-electron chi connectivity index (χ4n) is 2.88. The van der Waals surface area contributed by atoms with Crippen LogP contribution in [0.5, 0.6) is 5.75 Å². The Balaban J connectivity index is 1.54. The van der Waals surface area contributed by atoms with Crippen LogP contribution in [0, 0.1) is 6.92 Å². The van der Waals surface area contributed by atoms with Crippen LogP contribution in [0.1, 0.15) is 16.7 Å². The van der Waals surface area contributed by atoms with Crippen LogP contribution in [0.3, 0.4) is 0 Å². The summed E-state index contributed by atoms with van der Waals surface area (Å²) in [4.78, 5) is 16.5. The third-order valence-electron chi connectivity index (χ3n) is 4.42. The van der Waals surface area contributed by atoms with Gasteiger partial charge in [0.05, 0.1) is 0 Å². The van der Waals surface area contributed by atoms with Crippen molar-refractivity contribution in [3.63, 3.8) is 0 Å². The second-order valence-electron chi connectivity index (χ2n) is 6.57. The van der Waals surface area contributed by atoms with Crippen molar-refractivity contribution in [2.24, 2.45) is 4.99 Å². The SMILES string of the molecule is Cc1ccccc1C1=N/C(=C/c2ccc(OS(=O)(=O)c3ccccc3)cc2)C(=O)O1. The topological polar surface area (TPSA) is 82.0 Å². The molecule has 6 nitrogen and oxygen atoms in total. The van der Waals surface area contributed by atoms with Gasteiger partial charge in [-0.15, -0.1) is 0 Å². The van der Waals surface area contributed by atoms with Gasteiger partial charge in [0.15, 0.2) is 5.70 Å². The molecule has 0 bridgehead atoms. The predicted molar refractivity (Wildman–Crippen MR) is 112 cm³/mol. The van der Waals surface area contributed by atoms with E-state index < -0.39 is 16.1 Å². The number of carbonyl (C=O) groups excluding carboxylic acids is 1. The van der Waals surface area contributed by atoms with E-state index in [1.54, 1.807) is 36.4 Å². The standard InChI is InChI=1S/C23H17NO5S/c1-16-7-5-6-10-20(16)22-24-21(23(25)28-22)15-17-11-13-18(14-12-17)29-30(26,27)19-8-3-2-4-9-19/h2-15H,1H3/b21-15+. The van der Waals surface area contributed by atoms with E-state index in [1.165, 1.54) is 24.3 Å². The number of hydrogen-bond acceptors (Lipinski definition) is 6. The number of ether oxygens (including phenoxy) is 1. The van der Waals surface area contributed by atoms with E-state index in [0.29, 0.717) is 5.56 Å². The third-order valence-corrected chi connectivity index (χ3v) is 5.68. The van der Waals surface area contributed by atoms with Crippen molar-refractivity contribution in [3.05, 3.63) is 101 Å². The van der Waals surface area contributed by atoms with Crippen molar-refractivity contribution in [3.8, 4) is 5.75 Å². The third kappa shape index (κ3) is 4.16. The Hall–Kier alpha value is -3.71. The molecule has 0 saturated heterocycles. The largest absolute Gasteiger partial charge is 0.402 e. The molecule has 3 aromatic rings. The fraction of sp³-hybridized carbons (Fsp3) is 0.0435. The Bertz CT molecular complexity index is 1260. The van der Waals surface area contributed by atoms with Crippen LogP contribution in [-0.2, 0) is 19.6 Å². The van der Waals surface area contributed by atoms with Gasteiger partial charge in [0.25, 0.3) is 0 Å². The van der Waals surface area contributed by atoms with Gasteiger partial charge in [0, 0.05) is 5.56 Å². The van der Waals surface area contributed by atoms with E-state index in [2.05, 4.69) is 4.99 Å². The Morgan fingerprint density at radius 1 is 0.900 bits per heavy atom. The van der Waals surface area contributed by atoms with Crippen LogP contribution in [0.4, 0.5) is 0 Å². The average molecular weight is 419 g/mol. The molecule has 0 aliphatic carbocycles. The summed E-state index contributed by atoms with van der Waals surface area (Å²) in [6, 6.07) is 21.7. The normalized spacial score (nSPS) is 15.0. The monoisotopic (exact) mass is 419 g/mol. The first-order valence-corrected chi connectivity index (χ1v) is 10.5. The maximum absolute atomic E-state index is 12.3. The van der Waals surface area contributed by atoms with Crippen molar-refractivity contribution < 1.29 is 22.1 Å². The maximum Gasteiger partial charge on any atom is 0.363 e. The van der Waals surface area contributed by atoms with Gasteiger partial charge in [-0.1, -0.05) is 48.5 Å². The van der Waals surface area contributed by atoms with Gasteiger partial charge in [0.2, 0.25) is 5.90 Å². The molecule has 1 heterocycles. The first-order valence-electron chi connectivity index (χ1n) is 9.10. The van der Waals surface area contributed by atoms with Crippen LogP contribution in [0.25, 0.3) is 6.08 Å². The molecule has 0 aromatic heterocycles. The molecule has 150 valence electrons. The van der Waals surface area contributed by atoms with Gasteiger partial charge >= 0.3 is 16.1 Å². The molecular formula is C23H17NO5S. The second-order valence-corrected chi connectivity index (χ2v) is 8.12. The highest BCUT2D eigenvalue weighted by atomic mass is 32.2. The molecule has 0 atom stereocenters. The van der Waals surface area contributed by atoms with E-state index in [9.17, 15) is 13.2 Å². The highest BCUT2D eigenvalue weighted by molar-refractivity contribution is 7.87. The maximum atomic E-state index is 12.3. The molecule has 0 N–H and O–H groups in total. The summed E-state index contributed by atoms with van der Waals surface area (Å²) >= 11 is 0. The first kappa shape index (κ1) is 19.6. The minimum absolute atomic E-state index is 0.0722.